The summed E-state index contributed by atoms with van der Waals surface area (Å²) in [5.41, 5.74) is 0.0813. The van der Waals surface area contributed by atoms with Crippen molar-refractivity contribution in [3.63, 3.8) is 0 Å². The molecule has 0 heterocycles. The van der Waals surface area contributed by atoms with Crippen LogP contribution in [0.1, 0.15) is 30.6 Å². The van der Waals surface area contributed by atoms with E-state index in [0.717, 1.165) is 12.5 Å². The van der Waals surface area contributed by atoms with Crippen molar-refractivity contribution in [2.24, 2.45) is 0 Å². The summed E-state index contributed by atoms with van der Waals surface area (Å²) in [6.07, 6.45) is 0.741. The van der Waals surface area contributed by atoms with Crippen molar-refractivity contribution in [1.29, 1.82) is 0 Å². The SMILES string of the molecule is CCC(C)NC(=O)c1cc(S(=O)(=O)Cl)c(OC)cc1OC. The van der Waals surface area contributed by atoms with Crippen LogP contribution in [-0.2, 0) is 9.05 Å². The van der Waals surface area contributed by atoms with E-state index in [-0.39, 0.29) is 28.0 Å². The normalized spacial score (nSPS) is 12.6. The molecule has 0 bridgehead atoms. The van der Waals surface area contributed by atoms with Crippen LogP contribution in [0.5, 0.6) is 11.5 Å². The fourth-order valence-corrected chi connectivity index (χ4v) is 2.64. The Bertz CT molecular complexity index is 630. The highest BCUT2D eigenvalue weighted by atomic mass is 35.7. The quantitative estimate of drug-likeness (QED) is 0.806. The van der Waals surface area contributed by atoms with Gasteiger partial charge in [0.1, 0.15) is 16.4 Å². The first-order valence-corrected chi connectivity index (χ1v) is 8.57. The van der Waals surface area contributed by atoms with Crippen molar-refractivity contribution in [2.75, 3.05) is 14.2 Å². The van der Waals surface area contributed by atoms with Crippen LogP contribution in [0.15, 0.2) is 17.0 Å². The molecule has 1 N–H and O–H groups in total. The molecule has 21 heavy (non-hydrogen) atoms. The molecule has 1 rings (SSSR count). The van der Waals surface area contributed by atoms with Crippen LogP contribution in [0.2, 0.25) is 0 Å². The van der Waals surface area contributed by atoms with Gasteiger partial charge in [-0.3, -0.25) is 4.79 Å². The molecule has 0 spiro atoms. The molecule has 1 aromatic carbocycles. The molecule has 0 aliphatic carbocycles. The number of rotatable bonds is 6. The highest BCUT2D eigenvalue weighted by molar-refractivity contribution is 8.13. The smallest absolute Gasteiger partial charge is 0.265 e. The van der Waals surface area contributed by atoms with Crippen LogP contribution in [-0.4, -0.2) is 34.6 Å². The largest absolute Gasteiger partial charge is 0.496 e. The summed E-state index contributed by atoms with van der Waals surface area (Å²) >= 11 is 0. The van der Waals surface area contributed by atoms with Gasteiger partial charge in [0, 0.05) is 22.8 Å². The lowest BCUT2D eigenvalue weighted by Gasteiger charge is -2.15. The summed E-state index contributed by atoms with van der Waals surface area (Å²) in [5.74, 6) is -0.218. The first kappa shape index (κ1) is 17.6. The van der Waals surface area contributed by atoms with Crippen LogP contribution < -0.4 is 14.8 Å². The highest BCUT2D eigenvalue weighted by Gasteiger charge is 2.24. The van der Waals surface area contributed by atoms with Crippen molar-refractivity contribution >= 4 is 25.6 Å². The Kier molecular flexibility index (Phi) is 5.86. The zero-order valence-electron chi connectivity index (χ0n) is 12.3. The highest BCUT2D eigenvalue weighted by Crippen LogP contribution is 2.34. The third-order valence-corrected chi connectivity index (χ3v) is 4.33. The maximum absolute atomic E-state index is 12.2. The first-order chi connectivity index (χ1) is 9.74. The third-order valence-electron chi connectivity index (χ3n) is 2.98. The standard InChI is InChI=1S/C13H18ClNO5S/c1-5-8(2)15-13(16)9-6-12(21(14,17)18)11(20-4)7-10(9)19-3/h6-8H,5H2,1-4H3,(H,15,16). The van der Waals surface area contributed by atoms with E-state index < -0.39 is 15.0 Å². The fourth-order valence-electron chi connectivity index (χ4n) is 1.64. The minimum absolute atomic E-state index is 0.0157. The number of halogens is 1. The van der Waals surface area contributed by atoms with Crippen molar-refractivity contribution in [2.45, 2.75) is 31.2 Å². The molecule has 0 radical (unpaired) electrons. The number of methoxy groups -OCH3 is 2. The van der Waals surface area contributed by atoms with Gasteiger partial charge in [-0.1, -0.05) is 6.92 Å². The average Bonchev–Trinajstić information content (AvgIpc) is 2.44. The Morgan fingerprint density at radius 2 is 1.86 bits per heavy atom. The number of nitrogens with one attached hydrogen (secondary N) is 1. The topological polar surface area (TPSA) is 81.7 Å². The summed E-state index contributed by atoms with van der Waals surface area (Å²) in [7, 11) is 4.00. The lowest BCUT2D eigenvalue weighted by Crippen LogP contribution is -2.32. The van der Waals surface area contributed by atoms with E-state index in [2.05, 4.69) is 5.32 Å². The van der Waals surface area contributed by atoms with Crippen LogP contribution in [0, 0.1) is 0 Å². The Morgan fingerprint density at radius 1 is 1.29 bits per heavy atom. The number of carbonyl (C=O) groups excluding carboxylic acids is 1. The number of hydrogen-bond acceptors (Lipinski definition) is 5. The molecule has 1 unspecified atom stereocenters. The van der Waals surface area contributed by atoms with E-state index in [1.807, 2.05) is 13.8 Å². The van der Waals surface area contributed by atoms with Crippen LogP contribution in [0.4, 0.5) is 0 Å². The van der Waals surface area contributed by atoms with E-state index in [0.29, 0.717) is 0 Å². The molecule has 1 amide bonds. The third kappa shape index (κ3) is 4.25. The van der Waals surface area contributed by atoms with Crippen LogP contribution >= 0.6 is 10.7 Å². The van der Waals surface area contributed by atoms with Gasteiger partial charge in [-0.2, -0.15) is 0 Å². The zero-order chi connectivity index (χ0) is 16.2. The molecule has 0 fully saturated rings. The summed E-state index contributed by atoms with van der Waals surface area (Å²) in [6, 6.07) is 2.42. The molecule has 0 saturated heterocycles. The van der Waals surface area contributed by atoms with Gasteiger partial charge in [0.2, 0.25) is 0 Å². The molecule has 1 atom stereocenters. The number of benzene rings is 1. The molecule has 0 aliphatic heterocycles. The van der Waals surface area contributed by atoms with Crippen molar-refractivity contribution in [3.05, 3.63) is 17.7 Å². The van der Waals surface area contributed by atoms with Gasteiger partial charge in [-0.05, 0) is 19.4 Å². The van der Waals surface area contributed by atoms with E-state index in [4.69, 9.17) is 20.2 Å². The van der Waals surface area contributed by atoms with Crippen molar-refractivity contribution in [1.82, 2.24) is 5.32 Å². The monoisotopic (exact) mass is 335 g/mol. The second kappa shape index (κ2) is 7.00. The Balaban J connectivity index is 3.40. The van der Waals surface area contributed by atoms with Gasteiger partial charge in [-0.15, -0.1) is 0 Å². The molecule has 8 heteroatoms. The first-order valence-electron chi connectivity index (χ1n) is 6.26. The molecule has 1 aromatic rings. The van der Waals surface area contributed by atoms with E-state index >= 15 is 0 Å². The van der Waals surface area contributed by atoms with Crippen molar-refractivity contribution < 1.29 is 22.7 Å². The Hall–Kier alpha value is -1.47. The molecule has 0 saturated carbocycles. The molecule has 6 nitrogen and oxygen atoms in total. The number of amides is 1. The second-order valence-corrected chi connectivity index (χ2v) is 6.96. The van der Waals surface area contributed by atoms with Gasteiger partial charge >= 0.3 is 0 Å². The maximum Gasteiger partial charge on any atom is 0.265 e. The van der Waals surface area contributed by atoms with E-state index in [1.165, 1.54) is 20.3 Å². The summed E-state index contributed by atoms with van der Waals surface area (Å²) < 4.78 is 33.2. The van der Waals surface area contributed by atoms with Crippen LogP contribution in [0.25, 0.3) is 0 Å². The molecule has 118 valence electrons. The second-order valence-electron chi connectivity index (χ2n) is 4.42. The molecule has 0 aliphatic rings. The fraction of sp³-hybridized carbons (Fsp3) is 0.462. The molecular weight excluding hydrogens is 318 g/mol. The maximum atomic E-state index is 12.2. The Labute approximate surface area is 128 Å². The summed E-state index contributed by atoms with van der Waals surface area (Å²) in [5, 5.41) is 2.74. The van der Waals surface area contributed by atoms with Gasteiger partial charge in [-0.25, -0.2) is 8.42 Å². The Morgan fingerprint density at radius 3 is 2.29 bits per heavy atom. The predicted molar refractivity (Wildman–Crippen MR) is 79.8 cm³/mol. The van der Waals surface area contributed by atoms with Gasteiger partial charge in [0.05, 0.1) is 19.8 Å². The van der Waals surface area contributed by atoms with Gasteiger partial charge < -0.3 is 14.8 Å². The lowest BCUT2D eigenvalue weighted by molar-refractivity contribution is 0.0936. The van der Waals surface area contributed by atoms with Gasteiger partial charge in [0.25, 0.3) is 15.0 Å². The molecular formula is C13H18ClNO5S. The number of ether oxygens (including phenoxy) is 2. The van der Waals surface area contributed by atoms with E-state index in [1.54, 1.807) is 0 Å². The zero-order valence-corrected chi connectivity index (χ0v) is 13.8. The van der Waals surface area contributed by atoms with Crippen LogP contribution in [0.3, 0.4) is 0 Å². The minimum Gasteiger partial charge on any atom is -0.496 e. The minimum atomic E-state index is -4.05. The van der Waals surface area contributed by atoms with Crippen molar-refractivity contribution in [3.8, 4) is 11.5 Å². The lowest BCUT2D eigenvalue weighted by atomic mass is 10.1. The summed E-state index contributed by atoms with van der Waals surface area (Å²) in [6.45, 7) is 3.76. The summed E-state index contributed by atoms with van der Waals surface area (Å²) in [4.78, 5) is 11.9. The van der Waals surface area contributed by atoms with E-state index in [9.17, 15) is 13.2 Å². The predicted octanol–water partition coefficient (Wildman–Crippen LogP) is 2.16. The average molecular weight is 336 g/mol. The molecule has 0 aromatic heterocycles. The number of hydrogen-bond donors (Lipinski definition) is 1. The van der Waals surface area contributed by atoms with Gasteiger partial charge in [0.15, 0.2) is 0 Å². The number of carbonyl (C=O) groups is 1.